The average molecular weight is 349 g/mol. The van der Waals surface area contributed by atoms with Crippen molar-refractivity contribution in [1.29, 1.82) is 0 Å². The summed E-state index contributed by atoms with van der Waals surface area (Å²) in [4.78, 5) is 14.7. The number of carbonyl (C=O) groups is 1. The van der Waals surface area contributed by atoms with Crippen molar-refractivity contribution in [2.75, 3.05) is 41.0 Å². The van der Waals surface area contributed by atoms with Gasteiger partial charge in [-0.25, -0.2) is 0 Å². The summed E-state index contributed by atoms with van der Waals surface area (Å²) in [5.41, 5.74) is 0.487. The highest BCUT2D eigenvalue weighted by Gasteiger charge is 2.41. The van der Waals surface area contributed by atoms with Gasteiger partial charge in [0, 0.05) is 38.8 Å². The Morgan fingerprint density at radius 3 is 2.52 bits per heavy atom. The molecule has 0 bridgehead atoms. The van der Waals surface area contributed by atoms with Crippen molar-refractivity contribution >= 4 is 5.91 Å². The van der Waals surface area contributed by atoms with E-state index < -0.39 is 0 Å². The Morgan fingerprint density at radius 1 is 1.16 bits per heavy atom. The number of hydrogen-bond acceptors (Lipinski definition) is 5. The normalized spacial score (nSPS) is 22.7. The van der Waals surface area contributed by atoms with Crippen LogP contribution in [0.4, 0.5) is 0 Å². The topological polar surface area (TPSA) is 57.2 Å². The molecule has 2 saturated heterocycles. The number of likely N-dealkylation sites (tertiary alicyclic amines) is 1. The summed E-state index contributed by atoms with van der Waals surface area (Å²) in [5.74, 6) is 1.22. The molecule has 0 radical (unpaired) electrons. The van der Waals surface area contributed by atoms with Crippen LogP contribution < -0.4 is 9.47 Å². The molecule has 1 aromatic carbocycles. The predicted molar refractivity (Wildman–Crippen MR) is 93.4 cm³/mol. The first-order valence-electron chi connectivity index (χ1n) is 8.79. The van der Waals surface area contributed by atoms with E-state index in [1.54, 1.807) is 39.5 Å². The van der Waals surface area contributed by atoms with Crippen LogP contribution >= 0.6 is 0 Å². The van der Waals surface area contributed by atoms with E-state index >= 15 is 0 Å². The van der Waals surface area contributed by atoms with Gasteiger partial charge >= 0.3 is 0 Å². The van der Waals surface area contributed by atoms with Gasteiger partial charge in [-0.3, -0.25) is 4.79 Å². The molecule has 0 aliphatic carbocycles. The maximum atomic E-state index is 12.8. The minimum atomic E-state index is -0.132. The smallest absolute Gasteiger partial charge is 0.253 e. The lowest BCUT2D eigenvalue weighted by Crippen LogP contribution is -2.51. The van der Waals surface area contributed by atoms with E-state index in [1.807, 2.05) is 4.90 Å². The van der Waals surface area contributed by atoms with Crippen molar-refractivity contribution in [1.82, 2.24) is 4.90 Å². The SMILES string of the molecule is COc1ccc(C(=O)N2CCC3(CC2)CC(OC)CCO3)cc1OC. The third-order valence-corrected chi connectivity index (χ3v) is 5.37. The molecule has 2 aliphatic heterocycles. The molecule has 25 heavy (non-hydrogen) atoms. The number of nitrogens with zero attached hydrogens (tertiary/aromatic N) is 1. The van der Waals surface area contributed by atoms with Gasteiger partial charge < -0.3 is 23.8 Å². The summed E-state index contributed by atoms with van der Waals surface area (Å²) in [6.07, 6.45) is 3.84. The van der Waals surface area contributed by atoms with Gasteiger partial charge in [-0.15, -0.1) is 0 Å². The number of amides is 1. The van der Waals surface area contributed by atoms with E-state index in [4.69, 9.17) is 18.9 Å². The molecule has 1 spiro atoms. The molecular weight excluding hydrogens is 322 g/mol. The first kappa shape index (κ1) is 18.0. The predicted octanol–water partition coefficient (Wildman–Crippen LogP) is 2.50. The first-order valence-corrected chi connectivity index (χ1v) is 8.79. The van der Waals surface area contributed by atoms with Gasteiger partial charge in [-0.05, 0) is 37.5 Å². The molecule has 0 N–H and O–H groups in total. The largest absolute Gasteiger partial charge is 0.493 e. The van der Waals surface area contributed by atoms with E-state index in [-0.39, 0.29) is 17.6 Å². The maximum Gasteiger partial charge on any atom is 0.253 e. The lowest BCUT2D eigenvalue weighted by atomic mass is 9.83. The Bertz CT molecular complexity index is 610. The maximum absolute atomic E-state index is 12.8. The summed E-state index contributed by atoms with van der Waals surface area (Å²) < 4.78 is 22.1. The van der Waals surface area contributed by atoms with Gasteiger partial charge in [0.2, 0.25) is 0 Å². The van der Waals surface area contributed by atoms with Crippen molar-refractivity contribution in [3.63, 3.8) is 0 Å². The molecule has 2 heterocycles. The van der Waals surface area contributed by atoms with Crippen molar-refractivity contribution in [3.05, 3.63) is 23.8 Å². The van der Waals surface area contributed by atoms with Crippen LogP contribution in [0.3, 0.4) is 0 Å². The van der Waals surface area contributed by atoms with Crippen LogP contribution in [0.1, 0.15) is 36.0 Å². The Balaban J connectivity index is 1.65. The van der Waals surface area contributed by atoms with Crippen molar-refractivity contribution in [2.45, 2.75) is 37.4 Å². The average Bonchev–Trinajstić information content (AvgIpc) is 2.67. The van der Waals surface area contributed by atoms with E-state index in [2.05, 4.69) is 0 Å². The zero-order valence-electron chi connectivity index (χ0n) is 15.2. The summed E-state index contributed by atoms with van der Waals surface area (Å²) in [6, 6.07) is 5.29. The number of rotatable bonds is 4. The third-order valence-electron chi connectivity index (χ3n) is 5.37. The minimum Gasteiger partial charge on any atom is -0.493 e. The molecule has 2 fully saturated rings. The highest BCUT2D eigenvalue weighted by Crippen LogP contribution is 2.36. The zero-order valence-corrected chi connectivity index (χ0v) is 15.2. The van der Waals surface area contributed by atoms with Gasteiger partial charge in [0.1, 0.15) is 0 Å². The molecule has 1 atom stereocenters. The molecule has 6 heteroatoms. The summed E-state index contributed by atoms with van der Waals surface area (Å²) >= 11 is 0. The number of hydrogen-bond donors (Lipinski definition) is 0. The molecule has 2 aliphatic rings. The monoisotopic (exact) mass is 349 g/mol. The van der Waals surface area contributed by atoms with Crippen LogP contribution in [0.5, 0.6) is 11.5 Å². The van der Waals surface area contributed by atoms with Crippen LogP contribution in [0.25, 0.3) is 0 Å². The molecule has 0 saturated carbocycles. The van der Waals surface area contributed by atoms with Crippen molar-refractivity contribution < 1.29 is 23.7 Å². The van der Waals surface area contributed by atoms with Gasteiger partial charge in [0.05, 0.1) is 25.9 Å². The Kier molecular flexibility index (Phi) is 5.49. The highest BCUT2D eigenvalue weighted by atomic mass is 16.5. The van der Waals surface area contributed by atoms with Gasteiger partial charge in [-0.2, -0.15) is 0 Å². The number of piperidine rings is 1. The fraction of sp³-hybridized carbons (Fsp3) is 0.632. The van der Waals surface area contributed by atoms with E-state index in [1.165, 1.54) is 0 Å². The standard InChI is InChI=1S/C19H27NO5/c1-22-15-6-11-25-19(13-15)7-9-20(10-8-19)18(21)14-4-5-16(23-2)17(12-14)24-3/h4-5,12,15H,6-11,13H2,1-3H3. The second-order valence-corrected chi connectivity index (χ2v) is 6.74. The lowest BCUT2D eigenvalue weighted by Gasteiger charge is -2.45. The second-order valence-electron chi connectivity index (χ2n) is 6.74. The van der Waals surface area contributed by atoms with Crippen LogP contribution in [-0.2, 0) is 9.47 Å². The lowest BCUT2D eigenvalue weighted by molar-refractivity contribution is -0.146. The van der Waals surface area contributed by atoms with E-state index in [0.717, 1.165) is 32.3 Å². The number of ether oxygens (including phenoxy) is 4. The van der Waals surface area contributed by atoms with Crippen LogP contribution in [0, 0.1) is 0 Å². The number of carbonyl (C=O) groups excluding carboxylic acids is 1. The summed E-state index contributed by atoms with van der Waals surface area (Å²) in [6.45, 7) is 2.13. The van der Waals surface area contributed by atoms with Crippen LogP contribution in [0.15, 0.2) is 18.2 Å². The summed E-state index contributed by atoms with van der Waals surface area (Å²) in [5, 5.41) is 0. The highest BCUT2D eigenvalue weighted by molar-refractivity contribution is 5.95. The van der Waals surface area contributed by atoms with Gasteiger partial charge in [-0.1, -0.05) is 0 Å². The molecule has 1 aromatic rings. The van der Waals surface area contributed by atoms with Crippen molar-refractivity contribution in [3.8, 4) is 11.5 Å². The number of benzene rings is 1. The molecule has 138 valence electrons. The van der Waals surface area contributed by atoms with E-state index in [0.29, 0.717) is 30.2 Å². The Labute approximate surface area is 149 Å². The minimum absolute atomic E-state index is 0.0231. The van der Waals surface area contributed by atoms with Crippen molar-refractivity contribution in [2.24, 2.45) is 0 Å². The first-order chi connectivity index (χ1) is 12.1. The van der Waals surface area contributed by atoms with E-state index in [9.17, 15) is 4.79 Å². The number of methoxy groups -OCH3 is 3. The fourth-order valence-electron chi connectivity index (χ4n) is 3.80. The van der Waals surface area contributed by atoms with Gasteiger partial charge in [0.25, 0.3) is 5.91 Å². The molecule has 1 unspecified atom stereocenters. The molecule has 1 amide bonds. The van der Waals surface area contributed by atoms with Gasteiger partial charge in [0.15, 0.2) is 11.5 Å². The Hall–Kier alpha value is -1.79. The molecule has 0 aromatic heterocycles. The fourth-order valence-corrected chi connectivity index (χ4v) is 3.80. The molecule has 6 nitrogen and oxygen atoms in total. The summed E-state index contributed by atoms with van der Waals surface area (Å²) in [7, 11) is 4.92. The Morgan fingerprint density at radius 2 is 1.88 bits per heavy atom. The second kappa shape index (κ2) is 7.62. The quantitative estimate of drug-likeness (QED) is 0.836. The molecular formula is C19H27NO5. The zero-order chi connectivity index (χ0) is 17.9. The third kappa shape index (κ3) is 3.75. The molecule has 3 rings (SSSR count). The van der Waals surface area contributed by atoms with Crippen LogP contribution in [0.2, 0.25) is 0 Å². The van der Waals surface area contributed by atoms with Crippen LogP contribution in [-0.4, -0.2) is 63.5 Å².